The standard InChI is InChI=1S/C28H22F3N3O/c1-17-4-8-20(9-5-17)26-25-23(28(29,30)31)16-24(19-10-14-22(35-3)15-11-19)32-27(25)34(33-26)21-12-6-18(2)7-13-21/h4-16H,1-3H3. The van der Waals surface area contributed by atoms with Gasteiger partial charge >= 0.3 is 6.18 Å². The van der Waals surface area contributed by atoms with Crippen LogP contribution in [0.1, 0.15) is 16.7 Å². The summed E-state index contributed by atoms with van der Waals surface area (Å²) in [6, 6.07) is 22.6. The molecule has 0 fully saturated rings. The second-order valence-electron chi connectivity index (χ2n) is 8.44. The van der Waals surface area contributed by atoms with Crippen LogP contribution in [-0.2, 0) is 6.18 Å². The molecule has 0 bridgehead atoms. The summed E-state index contributed by atoms with van der Waals surface area (Å²) >= 11 is 0. The number of benzene rings is 3. The van der Waals surface area contributed by atoms with Crippen molar-refractivity contribution < 1.29 is 17.9 Å². The Labute approximate surface area is 200 Å². The number of hydrogen-bond acceptors (Lipinski definition) is 3. The Morgan fingerprint density at radius 3 is 1.91 bits per heavy atom. The fourth-order valence-electron chi connectivity index (χ4n) is 4.03. The van der Waals surface area contributed by atoms with E-state index in [2.05, 4.69) is 5.10 Å². The Hall–Kier alpha value is -4.13. The van der Waals surface area contributed by atoms with Crippen LogP contribution in [0.25, 0.3) is 39.2 Å². The molecule has 5 rings (SSSR count). The highest BCUT2D eigenvalue weighted by molar-refractivity contribution is 5.96. The number of ether oxygens (including phenoxy) is 1. The Morgan fingerprint density at radius 1 is 0.771 bits per heavy atom. The summed E-state index contributed by atoms with van der Waals surface area (Å²) in [4.78, 5) is 4.70. The van der Waals surface area contributed by atoms with Crippen LogP contribution in [0.5, 0.6) is 5.75 Å². The molecule has 0 saturated carbocycles. The second kappa shape index (κ2) is 8.58. The van der Waals surface area contributed by atoms with Crippen molar-refractivity contribution in [3.8, 4) is 34.0 Å². The number of hydrogen-bond donors (Lipinski definition) is 0. The van der Waals surface area contributed by atoms with Crippen LogP contribution in [-0.4, -0.2) is 21.9 Å². The van der Waals surface area contributed by atoms with Gasteiger partial charge in [-0.25, -0.2) is 9.67 Å². The quantitative estimate of drug-likeness (QED) is 0.273. The van der Waals surface area contributed by atoms with Gasteiger partial charge in [0.15, 0.2) is 5.65 Å². The first kappa shape index (κ1) is 22.7. The van der Waals surface area contributed by atoms with Gasteiger partial charge < -0.3 is 4.74 Å². The Balaban J connectivity index is 1.85. The highest BCUT2D eigenvalue weighted by Gasteiger charge is 2.36. The zero-order valence-electron chi connectivity index (χ0n) is 19.4. The van der Waals surface area contributed by atoms with Gasteiger partial charge in [0, 0.05) is 11.1 Å². The molecule has 0 saturated heterocycles. The molecule has 0 atom stereocenters. The lowest BCUT2D eigenvalue weighted by atomic mass is 10.0. The molecule has 4 nitrogen and oxygen atoms in total. The number of pyridine rings is 1. The molecular formula is C28H22F3N3O. The van der Waals surface area contributed by atoms with Crippen LogP contribution >= 0.6 is 0 Å². The lowest BCUT2D eigenvalue weighted by Gasteiger charge is -2.12. The maximum Gasteiger partial charge on any atom is 0.417 e. The molecule has 0 aliphatic heterocycles. The molecule has 0 N–H and O–H groups in total. The summed E-state index contributed by atoms with van der Waals surface area (Å²) in [5.74, 6) is 0.609. The molecule has 0 radical (unpaired) electrons. The van der Waals surface area contributed by atoms with Crippen molar-refractivity contribution >= 4 is 11.0 Å². The molecule has 0 spiro atoms. The number of methoxy groups -OCH3 is 1. The Kier molecular flexibility index (Phi) is 5.55. The number of rotatable bonds is 4. The van der Waals surface area contributed by atoms with E-state index in [4.69, 9.17) is 9.72 Å². The normalized spacial score (nSPS) is 11.7. The minimum Gasteiger partial charge on any atom is -0.497 e. The van der Waals surface area contributed by atoms with Gasteiger partial charge in [0.2, 0.25) is 0 Å². The first-order chi connectivity index (χ1) is 16.7. The molecule has 0 unspecified atom stereocenters. The monoisotopic (exact) mass is 473 g/mol. The van der Waals surface area contributed by atoms with Crippen molar-refractivity contribution in [3.05, 3.63) is 95.6 Å². The minimum absolute atomic E-state index is 0.0285. The molecule has 0 amide bonds. The number of aromatic nitrogens is 3. The largest absolute Gasteiger partial charge is 0.497 e. The Bertz CT molecular complexity index is 1500. The van der Waals surface area contributed by atoms with Gasteiger partial charge in [-0.2, -0.15) is 18.3 Å². The van der Waals surface area contributed by atoms with Crippen LogP contribution in [0.4, 0.5) is 13.2 Å². The third-order valence-electron chi connectivity index (χ3n) is 5.93. The number of halogens is 3. The van der Waals surface area contributed by atoms with Crippen LogP contribution < -0.4 is 4.74 Å². The fourth-order valence-corrected chi connectivity index (χ4v) is 4.03. The van der Waals surface area contributed by atoms with Crippen molar-refractivity contribution in [2.45, 2.75) is 20.0 Å². The highest BCUT2D eigenvalue weighted by Crippen LogP contribution is 2.41. The van der Waals surface area contributed by atoms with E-state index >= 15 is 0 Å². The summed E-state index contributed by atoms with van der Waals surface area (Å²) in [6.07, 6.45) is -4.61. The lowest BCUT2D eigenvalue weighted by Crippen LogP contribution is -2.08. The fraction of sp³-hybridized carbons (Fsp3) is 0.143. The molecule has 5 aromatic rings. The molecule has 176 valence electrons. The van der Waals surface area contributed by atoms with E-state index in [9.17, 15) is 13.2 Å². The number of fused-ring (bicyclic) bond motifs is 1. The van der Waals surface area contributed by atoms with E-state index in [0.29, 0.717) is 22.6 Å². The topological polar surface area (TPSA) is 39.9 Å². The predicted molar refractivity (Wildman–Crippen MR) is 131 cm³/mol. The minimum atomic E-state index is -4.61. The SMILES string of the molecule is COc1ccc(-c2cc(C(F)(F)F)c3c(-c4ccc(C)cc4)nn(-c4ccc(C)cc4)c3n2)cc1. The zero-order chi connectivity index (χ0) is 24.7. The van der Waals surface area contributed by atoms with Crippen molar-refractivity contribution in [2.24, 2.45) is 0 Å². The van der Waals surface area contributed by atoms with E-state index < -0.39 is 11.7 Å². The third-order valence-corrected chi connectivity index (χ3v) is 5.93. The molecule has 0 aliphatic carbocycles. The van der Waals surface area contributed by atoms with Crippen molar-refractivity contribution in [1.82, 2.24) is 14.8 Å². The van der Waals surface area contributed by atoms with Crippen LogP contribution in [0, 0.1) is 13.8 Å². The second-order valence-corrected chi connectivity index (χ2v) is 8.44. The smallest absolute Gasteiger partial charge is 0.417 e. The number of nitrogens with zero attached hydrogens (tertiary/aromatic N) is 3. The van der Waals surface area contributed by atoms with E-state index in [-0.39, 0.29) is 22.4 Å². The first-order valence-electron chi connectivity index (χ1n) is 11.0. The van der Waals surface area contributed by atoms with Crippen molar-refractivity contribution in [2.75, 3.05) is 7.11 Å². The average Bonchev–Trinajstić information content (AvgIpc) is 3.23. The lowest BCUT2D eigenvalue weighted by molar-refractivity contribution is -0.136. The molecule has 35 heavy (non-hydrogen) atoms. The van der Waals surface area contributed by atoms with Gasteiger partial charge in [0.05, 0.1) is 29.4 Å². The van der Waals surface area contributed by atoms with Crippen molar-refractivity contribution in [3.63, 3.8) is 0 Å². The zero-order valence-corrected chi connectivity index (χ0v) is 19.4. The summed E-state index contributed by atoms with van der Waals surface area (Å²) in [5.41, 5.74) is 3.62. The summed E-state index contributed by atoms with van der Waals surface area (Å²) in [6.45, 7) is 3.88. The Morgan fingerprint density at radius 2 is 1.34 bits per heavy atom. The number of alkyl halides is 3. The molecule has 7 heteroatoms. The maximum absolute atomic E-state index is 14.5. The predicted octanol–water partition coefficient (Wildman–Crippen LogP) is 7.40. The molecule has 2 heterocycles. The van der Waals surface area contributed by atoms with Gasteiger partial charge in [0.1, 0.15) is 11.4 Å². The molecular weight excluding hydrogens is 451 g/mol. The van der Waals surface area contributed by atoms with Crippen LogP contribution in [0.2, 0.25) is 0 Å². The van der Waals surface area contributed by atoms with E-state index in [1.54, 1.807) is 36.4 Å². The highest BCUT2D eigenvalue weighted by atomic mass is 19.4. The number of aryl methyl sites for hydroxylation is 2. The summed E-state index contributed by atoms with van der Waals surface area (Å²) in [7, 11) is 1.54. The summed E-state index contributed by atoms with van der Waals surface area (Å²) < 4.78 is 50.1. The van der Waals surface area contributed by atoms with Gasteiger partial charge in [0.25, 0.3) is 0 Å². The van der Waals surface area contributed by atoms with E-state index in [0.717, 1.165) is 17.2 Å². The first-order valence-corrected chi connectivity index (χ1v) is 11.0. The van der Waals surface area contributed by atoms with E-state index in [1.165, 1.54) is 11.8 Å². The third kappa shape index (κ3) is 4.25. The molecule has 3 aromatic carbocycles. The average molecular weight is 473 g/mol. The van der Waals surface area contributed by atoms with E-state index in [1.807, 2.05) is 50.2 Å². The van der Waals surface area contributed by atoms with Crippen LogP contribution in [0.3, 0.4) is 0 Å². The van der Waals surface area contributed by atoms with Gasteiger partial charge in [-0.05, 0) is 56.3 Å². The van der Waals surface area contributed by atoms with Crippen LogP contribution in [0.15, 0.2) is 78.9 Å². The van der Waals surface area contributed by atoms with Crippen molar-refractivity contribution in [1.29, 1.82) is 0 Å². The van der Waals surface area contributed by atoms with Gasteiger partial charge in [-0.15, -0.1) is 0 Å². The maximum atomic E-state index is 14.5. The van der Waals surface area contributed by atoms with Gasteiger partial charge in [-0.3, -0.25) is 0 Å². The summed E-state index contributed by atoms with van der Waals surface area (Å²) in [5, 5.41) is 4.63. The molecule has 2 aromatic heterocycles. The molecule has 0 aliphatic rings. The van der Waals surface area contributed by atoms with Gasteiger partial charge in [-0.1, -0.05) is 47.5 Å².